The molecule has 0 atom stereocenters. The lowest BCUT2D eigenvalue weighted by Gasteiger charge is -2.13. The smallest absolute Gasteiger partial charge is 0.267 e. The van der Waals surface area contributed by atoms with E-state index in [1.165, 1.54) is 4.57 Å². The minimum Gasteiger partial charge on any atom is -0.497 e. The molecule has 22 heavy (non-hydrogen) atoms. The fourth-order valence-corrected chi connectivity index (χ4v) is 2.80. The summed E-state index contributed by atoms with van der Waals surface area (Å²) in [6, 6.07) is 12.4. The summed E-state index contributed by atoms with van der Waals surface area (Å²) in [4.78, 5) is 17.4. The van der Waals surface area contributed by atoms with E-state index < -0.39 is 0 Å². The van der Waals surface area contributed by atoms with Gasteiger partial charge in [0.05, 0.1) is 28.7 Å². The van der Waals surface area contributed by atoms with Crippen molar-refractivity contribution in [1.82, 2.24) is 9.55 Å². The lowest BCUT2D eigenvalue weighted by atomic mass is 10.2. The summed E-state index contributed by atoms with van der Waals surface area (Å²) in [6.45, 7) is 0. The summed E-state index contributed by atoms with van der Waals surface area (Å²) in [5.74, 6) is 1.62. The third-order valence-electron chi connectivity index (χ3n) is 3.39. The van der Waals surface area contributed by atoms with Crippen LogP contribution in [0.1, 0.15) is 5.82 Å². The molecule has 0 unspecified atom stereocenters. The predicted molar refractivity (Wildman–Crippen MR) is 91.6 cm³/mol. The molecule has 2 aromatic carbocycles. The first-order chi connectivity index (χ1) is 10.7. The number of methoxy groups -OCH3 is 1. The number of rotatable bonds is 3. The Balaban J connectivity index is 2.33. The minimum absolute atomic E-state index is 0.204. The van der Waals surface area contributed by atoms with E-state index in [2.05, 4.69) is 17.6 Å². The van der Waals surface area contributed by atoms with Crippen molar-refractivity contribution in [3.05, 3.63) is 63.7 Å². The first kappa shape index (κ1) is 14.9. The van der Waals surface area contributed by atoms with Gasteiger partial charge in [-0.3, -0.25) is 9.36 Å². The zero-order valence-electron chi connectivity index (χ0n) is 11.8. The number of ether oxygens (including phenoxy) is 1. The maximum absolute atomic E-state index is 12.9. The number of aromatic nitrogens is 2. The second-order valence-corrected chi connectivity index (χ2v) is 5.38. The first-order valence-corrected chi connectivity index (χ1v) is 7.62. The quantitative estimate of drug-likeness (QED) is 0.747. The number of fused-ring (bicyclic) bond motifs is 1. The molecule has 0 N–H and O–H groups in total. The van der Waals surface area contributed by atoms with Gasteiger partial charge in [-0.15, -0.1) is 0 Å². The molecular formula is C16H13ClN2O2S. The molecule has 3 aromatic rings. The molecule has 1 aromatic heterocycles. The van der Waals surface area contributed by atoms with Crippen LogP contribution in [0, 0.1) is 0 Å². The van der Waals surface area contributed by atoms with Crippen LogP contribution < -0.4 is 10.3 Å². The van der Waals surface area contributed by atoms with Crippen LogP contribution in [0.2, 0.25) is 5.02 Å². The van der Waals surface area contributed by atoms with Gasteiger partial charge in [-0.1, -0.05) is 17.7 Å². The summed E-state index contributed by atoms with van der Waals surface area (Å²) in [5, 5.41) is 0.800. The van der Waals surface area contributed by atoms with Gasteiger partial charge in [0, 0.05) is 5.75 Å². The molecule has 0 radical (unpaired) electrons. The maximum atomic E-state index is 12.9. The van der Waals surface area contributed by atoms with Gasteiger partial charge in [0.25, 0.3) is 5.56 Å². The summed E-state index contributed by atoms with van der Waals surface area (Å²) >= 11 is 10.5. The maximum Gasteiger partial charge on any atom is 0.267 e. The van der Waals surface area contributed by atoms with Gasteiger partial charge < -0.3 is 4.74 Å². The topological polar surface area (TPSA) is 44.1 Å². The van der Waals surface area contributed by atoms with Gasteiger partial charge >= 0.3 is 0 Å². The van der Waals surface area contributed by atoms with Crippen molar-refractivity contribution < 1.29 is 4.74 Å². The number of nitrogens with zero attached hydrogens (tertiary/aromatic N) is 2. The fourth-order valence-electron chi connectivity index (χ4n) is 2.34. The van der Waals surface area contributed by atoms with E-state index in [4.69, 9.17) is 16.3 Å². The van der Waals surface area contributed by atoms with Gasteiger partial charge in [-0.2, -0.15) is 12.6 Å². The van der Waals surface area contributed by atoms with Gasteiger partial charge in [0.15, 0.2) is 0 Å². The lowest BCUT2D eigenvalue weighted by molar-refractivity contribution is 0.414. The largest absolute Gasteiger partial charge is 0.497 e. The average Bonchev–Trinajstić information content (AvgIpc) is 2.54. The molecule has 0 aliphatic carbocycles. The van der Waals surface area contributed by atoms with Crippen molar-refractivity contribution in [2.45, 2.75) is 5.75 Å². The van der Waals surface area contributed by atoms with Crippen LogP contribution in [0.15, 0.2) is 47.3 Å². The molecule has 0 fully saturated rings. The highest BCUT2D eigenvalue weighted by Gasteiger charge is 2.14. The molecule has 0 aliphatic rings. The Morgan fingerprint density at radius 1 is 1.23 bits per heavy atom. The molecule has 0 saturated carbocycles. The van der Waals surface area contributed by atoms with Crippen LogP contribution in [-0.2, 0) is 5.75 Å². The van der Waals surface area contributed by atoms with Crippen molar-refractivity contribution in [1.29, 1.82) is 0 Å². The molecule has 0 spiro atoms. The van der Waals surface area contributed by atoms with Crippen LogP contribution in [0.3, 0.4) is 0 Å². The Kier molecular flexibility index (Phi) is 4.09. The summed E-state index contributed by atoms with van der Waals surface area (Å²) < 4.78 is 6.67. The number of halogens is 1. The number of hydrogen-bond donors (Lipinski definition) is 1. The van der Waals surface area contributed by atoms with Crippen molar-refractivity contribution >= 4 is 35.1 Å². The van der Waals surface area contributed by atoms with E-state index in [0.29, 0.717) is 33.2 Å². The van der Waals surface area contributed by atoms with Crippen LogP contribution in [0.4, 0.5) is 0 Å². The summed E-state index contributed by atoms with van der Waals surface area (Å²) in [7, 11) is 1.59. The Hall–Kier alpha value is -1.98. The van der Waals surface area contributed by atoms with Gasteiger partial charge in [-0.25, -0.2) is 4.98 Å². The normalized spacial score (nSPS) is 10.9. The van der Waals surface area contributed by atoms with E-state index in [1.54, 1.807) is 49.6 Å². The highest BCUT2D eigenvalue weighted by atomic mass is 35.5. The molecule has 6 heteroatoms. The third kappa shape index (κ3) is 2.46. The van der Waals surface area contributed by atoms with E-state index in [0.717, 1.165) is 5.75 Å². The van der Waals surface area contributed by atoms with Crippen LogP contribution in [0.25, 0.3) is 16.6 Å². The Bertz CT molecular complexity index is 891. The molecule has 0 saturated heterocycles. The van der Waals surface area contributed by atoms with Crippen LogP contribution in [0.5, 0.6) is 5.75 Å². The van der Waals surface area contributed by atoms with Crippen molar-refractivity contribution in [2.24, 2.45) is 0 Å². The first-order valence-electron chi connectivity index (χ1n) is 6.61. The SMILES string of the molecule is COc1ccc(-n2c(CS)nc3cccc(Cl)c3c2=O)cc1. The highest BCUT2D eigenvalue weighted by Crippen LogP contribution is 2.21. The summed E-state index contributed by atoms with van der Waals surface area (Å²) in [6.07, 6.45) is 0. The van der Waals surface area contributed by atoms with Crippen LogP contribution >= 0.6 is 24.2 Å². The molecule has 0 amide bonds. The number of hydrogen-bond acceptors (Lipinski definition) is 4. The van der Waals surface area contributed by atoms with Gasteiger partial charge in [0.1, 0.15) is 11.6 Å². The molecule has 112 valence electrons. The minimum atomic E-state index is -0.204. The number of thiol groups is 1. The standard InChI is InChI=1S/C16H13ClN2O2S/c1-21-11-7-5-10(6-8-11)19-14(9-22)18-13-4-2-3-12(17)15(13)16(19)20/h2-8,22H,9H2,1H3. The Morgan fingerprint density at radius 3 is 2.59 bits per heavy atom. The molecular weight excluding hydrogens is 320 g/mol. The lowest BCUT2D eigenvalue weighted by Crippen LogP contribution is -2.23. The third-order valence-corrected chi connectivity index (χ3v) is 3.99. The van der Waals surface area contributed by atoms with Gasteiger partial charge in [-0.05, 0) is 36.4 Å². The monoisotopic (exact) mass is 332 g/mol. The highest BCUT2D eigenvalue weighted by molar-refractivity contribution is 7.79. The van der Waals surface area contributed by atoms with Crippen molar-refractivity contribution in [3.63, 3.8) is 0 Å². The van der Waals surface area contributed by atoms with E-state index in [-0.39, 0.29) is 5.56 Å². The van der Waals surface area contributed by atoms with Crippen molar-refractivity contribution in [2.75, 3.05) is 7.11 Å². The predicted octanol–water partition coefficient (Wildman–Crippen LogP) is 3.48. The average molecular weight is 333 g/mol. The zero-order valence-corrected chi connectivity index (χ0v) is 13.4. The van der Waals surface area contributed by atoms with E-state index in [9.17, 15) is 4.79 Å². The molecule has 1 heterocycles. The van der Waals surface area contributed by atoms with E-state index >= 15 is 0 Å². The van der Waals surface area contributed by atoms with E-state index in [1.807, 2.05) is 0 Å². The number of benzene rings is 2. The molecule has 3 rings (SSSR count). The summed E-state index contributed by atoms with van der Waals surface area (Å²) in [5.41, 5.74) is 1.07. The van der Waals surface area contributed by atoms with Crippen LogP contribution in [-0.4, -0.2) is 16.7 Å². The van der Waals surface area contributed by atoms with Gasteiger partial charge in [0.2, 0.25) is 0 Å². The second kappa shape index (κ2) is 6.02. The fraction of sp³-hybridized carbons (Fsp3) is 0.125. The molecule has 0 aliphatic heterocycles. The second-order valence-electron chi connectivity index (χ2n) is 4.66. The Labute approximate surface area is 137 Å². The zero-order chi connectivity index (χ0) is 15.7. The Morgan fingerprint density at radius 2 is 1.95 bits per heavy atom. The van der Waals surface area contributed by atoms with Crippen molar-refractivity contribution in [3.8, 4) is 11.4 Å². The molecule has 4 nitrogen and oxygen atoms in total. The molecule has 0 bridgehead atoms.